The highest BCUT2D eigenvalue weighted by Gasteiger charge is 2.31. The molecule has 0 aromatic rings. The lowest BCUT2D eigenvalue weighted by atomic mass is 10.4. The Morgan fingerprint density at radius 3 is 2.33 bits per heavy atom. The Morgan fingerprint density at radius 1 is 1.50 bits per heavy atom. The van der Waals surface area contributed by atoms with Crippen molar-refractivity contribution >= 4 is 0 Å². The zero-order chi connectivity index (χ0) is 9.78. The average Bonchev–Trinajstić information content (AvgIpc) is 1.82. The van der Waals surface area contributed by atoms with Gasteiger partial charge < -0.3 is 5.32 Å². The van der Waals surface area contributed by atoms with E-state index in [1.807, 2.05) is 0 Å². The minimum Gasteiger partial charge on any atom is -0.364 e. The van der Waals surface area contributed by atoms with Gasteiger partial charge in [0.25, 0.3) is 0 Å². The van der Waals surface area contributed by atoms with Crippen LogP contribution in [0.2, 0.25) is 0 Å². The van der Waals surface area contributed by atoms with E-state index in [4.69, 9.17) is 0 Å². The van der Waals surface area contributed by atoms with Gasteiger partial charge in [-0.15, -0.1) is 13.2 Å². The number of rotatable bonds is 3. The van der Waals surface area contributed by atoms with Crippen LogP contribution in [-0.2, 0) is 4.74 Å². The van der Waals surface area contributed by atoms with Gasteiger partial charge >= 0.3 is 6.36 Å². The fourth-order valence-electron chi connectivity index (χ4n) is 0.634. The second kappa shape index (κ2) is 4.35. The van der Waals surface area contributed by atoms with Crippen molar-refractivity contribution in [3.8, 4) is 0 Å². The fourth-order valence-corrected chi connectivity index (χ4v) is 0.634. The summed E-state index contributed by atoms with van der Waals surface area (Å²) in [5.41, 5.74) is 0.645. The zero-order valence-electron chi connectivity index (χ0n) is 7.20. The van der Waals surface area contributed by atoms with Crippen LogP contribution in [0.5, 0.6) is 0 Å². The first-order valence-electron chi connectivity index (χ1n) is 3.49. The number of nitrogens with one attached hydrogen (secondary N) is 1. The molecule has 2 nitrogen and oxygen atoms in total. The van der Waals surface area contributed by atoms with Crippen molar-refractivity contribution in [1.29, 1.82) is 0 Å². The minimum atomic E-state index is -4.58. The van der Waals surface area contributed by atoms with E-state index in [1.165, 1.54) is 6.92 Å². The van der Waals surface area contributed by atoms with E-state index in [2.05, 4.69) is 10.1 Å². The number of halogens is 3. The van der Waals surface area contributed by atoms with Crippen LogP contribution in [0.3, 0.4) is 0 Å². The molecule has 12 heavy (non-hydrogen) atoms. The van der Waals surface area contributed by atoms with E-state index in [0.717, 1.165) is 0 Å². The lowest BCUT2D eigenvalue weighted by molar-refractivity contribution is -0.343. The number of ether oxygens (including phenoxy) is 1. The van der Waals surface area contributed by atoms with Gasteiger partial charge in [-0.25, -0.2) is 0 Å². The van der Waals surface area contributed by atoms with Gasteiger partial charge in [-0.3, -0.25) is 4.74 Å². The molecule has 0 saturated carbocycles. The Labute approximate surface area is 69.4 Å². The van der Waals surface area contributed by atoms with Crippen LogP contribution in [0.1, 0.15) is 20.8 Å². The van der Waals surface area contributed by atoms with E-state index in [0.29, 0.717) is 5.70 Å². The van der Waals surface area contributed by atoms with E-state index < -0.39 is 12.6 Å². The van der Waals surface area contributed by atoms with Gasteiger partial charge in [0, 0.05) is 5.70 Å². The lowest BCUT2D eigenvalue weighted by Gasteiger charge is -2.17. The fraction of sp³-hybridized carbons (Fsp3) is 0.714. The lowest BCUT2D eigenvalue weighted by Crippen LogP contribution is -2.32. The Hall–Kier alpha value is -0.710. The van der Waals surface area contributed by atoms with Gasteiger partial charge in [0.2, 0.25) is 0 Å². The highest BCUT2D eigenvalue weighted by molar-refractivity contribution is 4.92. The predicted octanol–water partition coefficient (Wildman–Crippen LogP) is 2.38. The monoisotopic (exact) mass is 183 g/mol. The van der Waals surface area contributed by atoms with Crippen molar-refractivity contribution in [2.24, 2.45) is 0 Å². The van der Waals surface area contributed by atoms with Crippen molar-refractivity contribution in [3.63, 3.8) is 0 Å². The summed E-state index contributed by atoms with van der Waals surface area (Å²) in [5.74, 6) is 0. The Morgan fingerprint density at radius 2 is 2.00 bits per heavy atom. The SMILES string of the molecule is C/C=C(\C)NC(C)OC(F)(F)F. The molecule has 0 saturated heterocycles. The number of hydrogen-bond acceptors (Lipinski definition) is 2. The largest absolute Gasteiger partial charge is 0.524 e. The summed E-state index contributed by atoms with van der Waals surface area (Å²) in [4.78, 5) is 0. The average molecular weight is 183 g/mol. The third-order valence-electron chi connectivity index (χ3n) is 1.17. The maximum Gasteiger partial charge on any atom is 0.524 e. The van der Waals surface area contributed by atoms with Gasteiger partial charge in [-0.05, 0) is 20.8 Å². The molecule has 0 aromatic heterocycles. The molecule has 0 rings (SSSR count). The molecule has 1 N–H and O–H groups in total. The second-order valence-corrected chi connectivity index (χ2v) is 2.32. The van der Waals surface area contributed by atoms with E-state index in [9.17, 15) is 13.2 Å². The van der Waals surface area contributed by atoms with Crippen LogP contribution < -0.4 is 5.32 Å². The normalized spacial score (nSPS) is 16.0. The standard InChI is InChI=1S/C7H12F3NO/c1-4-5(2)11-6(3)12-7(8,9)10/h4,6,11H,1-3H3/b5-4+. The van der Waals surface area contributed by atoms with Crippen molar-refractivity contribution in [1.82, 2.24) is 5.32 Å². The molecule has 0 fully saturated rings. The summed E-state index contributed by atoms with van der Waals surface area (Å²) in [6, 6.07) is 0. The van der Waals surface area contributed by atoms with Crippen molar-refractivity contribution < 1.29 is 17.9 Å². The molecule has 0 heterocycles. The summed E-state index contributed by atoms with van der Waals surface area (Å²) in [7, 11) is 0. The third-order valence-corrected chi connectivity index (χ3v) is 1.17. The maximum atomic E-state index is 11.6. The minimum absolute atomic E-state index is 0.645. The van der Waals surface area contributed by atoms with Crippen molar-refractivity contribution in [3.05, 3.63) is 11.8 Å². The summed E-state index contributed by atoms with van der Waals surface area (Å²) >= 11 is 0. The van der Waals surface area contributed by atoms with E-state index in [1.54, 1.807) is 19.9 Å². The molecule has 0 bridgehead atoms. The van der Waals surface area contributed by atoms with E-state index in [-0.39, 0.29) is 0 Å². The molecule has 0 aliphatic carbocycles. The summed E-state index contributed by atoms with van der Waals surface area (Å²) in [6.07, 6.45) is -3.97. The topological polar surface area (TPSA) is 21.3 Å². The molecular formula is C7H12F3NO. The summed E-state index contributed by atoms with van der Waals surface area (Å²) in [5, 5.41) is 2.50. The van der Waals surface area contributed by atoms with Crippen LogP contribution in [0.4, 0.5) is 13.2 Å². The predicted molar refractivity (Wildman–Crippen MR) is 39.2 cm³/mol. The van der Waals surface area contributed by atoms with Crippen molar-refractivity contribution in [2.75, 3.05) is 0 Å². The molecule has 0 radical (unpaired) electrons. The van der Waals surface area contributed by atoms with Gasteiger partial charge in [0.15, 0.2) is 0 Å². The Balaban J connectivity index is 3.82. The Kier molecular flexibility index (Phi) is 4.09. The van der Waals surface area contributed by atoms with Crippen LogP contribution in [0.25, 0.3) is 0 Å². The highest BCUT2D eigenvalue weighted by atomic mass is 19.4. The quantitative estimate of drug-likeness (QED) is 0.678. The van der Waals surface area contributed by atoms with Gasteiger partial charge in [0.05, 0.1) is 0 Å². The molecular weight excluding hydrogens is 171 g/mol. The molecule has 0 amide bonds. The molecule has 0 aromatic carbocycles. The van der Waals surface area contributed by atoms with Gasteiger partial charge in [-0.1, -0.05) is 6.08 Å². The van der Waals surface area contributed by atoms with Crippen LogP contribution in [0, 0.1) is 0 Å². The summed E-state index contributed by atoms with van der Waals surface area (Å²) in [6.45, 7) is 4.68. The highest BCUT2D eigenvalue weighted by Crippen LogP contribution is 2.17. The number of allylic oxidation sites excluding steroid dienone is 2. The first-order chi connectivity index (χ1) is 5.35. The Bertz CT molecular complexity index is 165. The maximum absolute atomic E-state index is 11.6. The first-order valence-corrected chi connectivity index (χ1v) is 3.49. The second-order valence-electron chi connectivity index (χ2n) is 2.32. The molecule has 5 heteroatoms. The number of alkyl halides is 3. The van der Waals surface area contributed by atoms with E-state index >= 15 is 0 Å². The molecule has 1 unspecified atom stereocenters. The molecule has 1 atom stereocenters. The molecule has 0 spiro atoms. The number of hydrogen-bond donors (Lipinski definition) is 1. The van der Waals surface area contributed by atoms with Crippen LogP contribution in [0.15, 0.2) is 11.8 Å². The third kappa shape index (κ3) is 6.03. The molecule has 72 valence electrons. The van der Waals surface area contributed by atoms with Crippen molar-refractivity contribution in [2.45, 2.75) is 33.4 Å². The molecule has 0 aliphatic rings. The molecule has 0 aliphatic heterocycles. The van der Waals surface area contributed by atoms with Crippen LogP contribution in [-0.4, -0.2) is 12.6 Å². The summed E-state index contributed by atoms with van der Waals surface area (Å²) < 4.78 is 38.4. The first kappa shape index (κ1) is 11.3. The van der Waals surface area contributed by atoms with Gasteiger partial charge in [0.1, 0.15) is 6.23 Å². The zero-order valence-corrected chi connectivity index (χ0v) is 7.20. The van der Waals surface area contributed by atoms with Gasteiger partial charge in [-0.2, -0.15) is 0 Å². The smallest absolute Gasteiger partial charge is 0.364 e. The van der Waals surface area contributed by atoms with Crippen LogP contribution >= 0.6 is 0 Å².